The Morgan fingerprint density at radius 3 is 2.48 bits per heavy atom. The fourth-order valence-electron chi connectivity index (χ4n) is 2.56. The van der Waals surface area contributed by atoms with Crippen molar-refractivity contribution in [1.82, 2.24) is 4.98 Å². The van der Waals surface area contributed by atoms with Crippen LogP contribution in [0.25, 0.3) is 10.9 Å². The van der Waals surface area contributed by atoms with Crippen molar-refractivity contribution in [2.24, 2.45) is 15.9 Å². The number of ether oxygens (including phenoxy) is 1. The zero-order valence-electron chi connectivity index (χ0n) is 15.4. The summed E-state index contributed by atoms with van der Waals surface area (Å²) in [5.41, 5.74) is 9.16. The van der Waals surface area contributed by atoms with Crippen LogP contribution in [0, 0.1) is 0 Å². The standard InChI is InChI=1S/C20H21N5O2/c1-12(24-25-13(2)21)14-4-6-16(7-5-14)22-20(26)19-11-15-10-17(27-3)8-9-18(15)23-19/h4-11,23H,1-3H3,(H2,21,25)(H,22,26)/b24-12+. The van der Waals surface area contributed by atoms with E-state index in [0.29, 0.717) is 17.2 Å². The van der Waals surface area contributed by atoms with Gasteiger partial charge in [-0.3, -0.25) is 4.79 Å². The number of methoxy groups -OCH3 is 1. The molecule has 0 saturated carbocycles. The van der Waals surface area contributed by atoms with E-state index < -0.39 is 0 Å². The van der Waals surface area contributed by atoms with E-state index in [9.17, 15) is 4.79 Å². The molecule has 1 heterocycles. The molecule has 1 amide bonds. The van der Waals surface area contributed by atoms with Crippen LogP contribution in [0.4, 0.5) is 5.69 Å². The maximum Gasteiger partial charge on any atom is 0.272 e. The Balaban J connectivity index is 1.74. The molecule has 4 N–H and O–H groups in total. The number of hydrogen-bond acceptors (Lipinski definition) is 4. The van der Waals surface area contributed by atoms with Crippen LogP contribution in [0.3, 0.4) is 0 Å². The number of amides is 1. The van der Waals surface area contributed by atoms with E-state index in [1.807, 2.05) is 49.4 Å². The Bertz CT molecular complexity index is 1030. The second-order valence-electron chi connectivity index (χ2n) is 6.09. The van der Waals surface area contributed by atoms with Gasteiger partial charge in [-0.15, -0.1) is 5.10 Å². The molecule has 0 saturated heterocycles. The second kappa shape index (κ2) is 7.74. The molecule has 0 spiro atoms. The predicted molar refractivity (Wildman–Crippen MR) is 109 cm³/mol. The van der Waals surface area contributed by atoms with Gasteiger partial charge in [-0.25, -0.2) is 0 Å². The van der Waals surface area contributed by atoms with Crippen LogP contribution >= 0.6 is 0 Å². The van der Waals surface area contributed by atoms with Gasteiger partial charge in [-0.2, -0.15) is 5.10 Å². The second-order valence-corrected chi connectivity index (χ2v) is 6.09. The number of H-pyrrole nitrogens is 1. The van der Waals surface area contributed by atoms with Crippen molar-refractivity contribution in [2.75, 3.05) is 12.4 Å². The zero-order chi connectivity index (χ0) is 19.4. The molecule has 0 unspecified atom stereocenters. The first-order valence-corrected chi connectivity index (χ1v) is 8.39. The van der Waals surface area contributed by atoms with E-state index in [0.717, 1.165) is 27.9 Å². The van der Waals surface area contributed by atoms with Crippen LogP contribution in [-0.2, 0) is 0 Å². The monoisotopic (exact) mass is 363 g/mol. The van der Waals surface area contributed by atoms with Crippen molar-refractivity contribution >= 4 is 34.0 Å². The summed E-state index contributed by atoms with van der Waals surface area (Å²) in [4.78, 5) is 15.6. The molecule has 1 aromatic heterocycles. The maximum absolute atomic E-state index is 12.5. The number of aromatic nitrogens is 1. The van der Waals surface area contributed by atoms with Crippen LogP contribution < -0.4 is 15.8 Å². The van der Waals surface area contributed by atoms with Gasteiger partial charge in [0.25, 0.3) is 5.91 Å². The first-order chi connectivity index (χ1) is 13.0. The molecule has 0 radical (unpaired) electrons. The molecule has 7 heteroatoms. The first-order valence-electron chi connectivity index (χ1n) is 8.39. The van der Waals surface area contributed by atoms with Crippen LogP contribution in [0.15, 0.2) is 58.7 Å². The number of anilines is 1. The molecule has 7 nitrogen and oxygen atoms in total. The zero-order valence-corrected chi connectivity index (χ0v) is 15.4. The molecule has 0 aliphatic rings. The highest BCUT2D eigenvalue weighted by atomic mass is 16.5. The number of amidine groups is 1. The number of benzene rings is 2. The van der Waals surface area contributed by atoms with E-state index in [1.165, 1.54) is 0 Å². The molecule has 3 aromatic rings. The highest BCUT2D eigenvalue weighted by Crippen LogP contribution is 2.22. The summed E-state index contributed by atoms with van der Waals surface area (Å²) in [6, 6.07) is 14.8. The summed E-state index contributed by atoms with van der Waals surface area (Å²) in [6.45, 7) is 3.52. The van der Waals surface area contributed by atoms with E-state index in [4.69, 9.17) is 10.5 Å². The van der Waals surface area contributed by atoms with E-state index in [2.05, 4.69) is 20.5 Å². The summed E-state index contributed by atoms with van der Waals surface area (Å²) >= 11 is 0. The third-order valence-corrected chi connectivity index (χ3v) is 3.99. The van der Waals surface area contributed by atoms with Crippen LogP contribution in [0.5, 0.6) is 5.75 Å². The smallest absolute Gasteiger partial charge is 0.272 e. The third kappa shape index (κ3) is 4.33. The topological polar surface area (TPSA) is 105 Å². The average Bonchev–Trinajstić information content (AvgIpc) is 3.10. The predicted octanol–water partition coefficient (Wildman–Crippen LogP) is 3.53. The number of aromatic amines is 1. The fraction of sp³-hybridized carbons (Fsp3) is 0.150. The van der Waals surface area contributed by atoms with Gasteiger partial charge in [-0.05, 0) is 55.8 Å². The molecular formula is C20H21N5O2. The van der Waals surface area contributed by atoms with Gasteiger partial charge in [-0.1, -0.05) is 12.1 Å². The van der Waals surface area contributed by atoms with E-state index >= 15 is 0 Å². The van der Waals surface area contributed by atoms with Gasteiger partial charge >= 0.3 is 0 Å². The van der Waals surface area contributed by atoms with Crippen LogP contribution in [0.1, 0.15) is 29.9 Å². The fourth-order valence-corrected chi connectivity index (χ4v) is 2.56. The van der Waals surface area contributed by atoms with Gasteiger partial charge in [0, 0.05) is 16.6 Å². The lowest BCUT2D eigenvalue weighted by Crippen LogP contribution is -2.12. The molecule has 0 atom stereocenters. The minimum Gasteiger partial charge on any atom is -0.497 e. The molecular weight excluding hydrogens is 342 g/mol. The molecule has 0 fully saturated rings. The Morgan fingerprint density at radius 2 is 1.81 bits per heavy atom. The minimum atomic E-state index is -0.216. The normalized spacial score (nSPS) is 12.3. The summed E-state index contributed by atoms with van der Waals surface area (Å²) in [5.74, 6) is 0.927. The van der Waals surface area contributed by atoms with Crippen molar-refractivity contribution in [3.8, 4) is 5.75 Å². The van der Waals surface area contributed by atoms with Crippen molar-refractivity contribution in [3.63, 3.8) is 0 Å². The van der Waals surface area contributed by atoms with Crippen LogP contribution in [0.2, 0.25) is 0 Å². The lowest BCUT2D eigenvalue weighted by molar-refractivity contribution is 0.102. The maximum atomic E-state index is 12.5. The van der Waals surface area contributed by atoms with Gasteiger partial charge in [0.15, 0.2) is 0 Å². The molecule has 0 aliphatic carbocycles. The minimum absolute atomic E-state index is 0.216. The van der Waals surface area contributed by atoms with Crippen molar-refractivity contribution < 1.29 is 9.53 Å². The van der Waals surface area contributed by atoms with Crippen molar-refractivity contribution in [3.05, 3.63) is 59.8 Å². The van der Waals surface area contributed by atoms with E-state index in [1.54, 1.807) is 20.1 Å². The molecule has 3 rings (SSSR count). The summed E-state index contributed by atoms with van der Waals surface area (Å²) in [6.07, 6.45) is 0. The molecule has 0 aliphatic heterocycles. The highest BCUT2D eigenvalue weighted by molar-refractivity contribution is 6.06. The number of carbonyl (C=O) groups excluding carboxylic acids is 1. The molecule has 138 valence electrons. The molecule has 0 bridgehead atoms. The number of nitrogens with zero attached hydrogens (tertiary/aromatic N) is 2. The first kappa shape index (κ1) is 18.2. The summed E-state index contributed by atoms with van der Waals surface area (Å²) < 4.78 is 5.21. The van der Waals surface area contributed by atoms with Crippen molar-refractivity contribution in [2.45, 2.75) is 13.8 Å². The highest BCUT2D eigenvalue weighted by Gasteiger charge is 2.10. The van der Waals surface area contributed by atoms with Crippen molar-refractivity contribution in [1.29, 1.82) is 0 Å². The number of carbonyl (C=O) groups is 1. The van der Waals surface area contributed by atoms with Gasteiger partial charge in [0.05, 0.1) is 12.8 Å². The number of nitrogens with one attached hydrogen (secondary N) is 2. The quantitative estimate of drug-likeness (QED) is 0.367. The van der Waals surface area contributed by atoms with E-state index in [-0.39, 0.29) is 5.91 Å². The number of fused-ring (bicyclic) bond motifs is 1. The molecule has 2 aromatic carbocycles. The van der Waals surface area contributed by atoms with Gasteiger partial charge in [0.1, 0.15) is 17.3 Å². The lowest BCUT2D eigenvalue weighted by atomic mass is 10.1. The number of rotatable bonds is 5. The summed E-state index contributed by atoms with van der Waals surface area (Å²) in [7, 11) is 1.61. The number of nitrogens with two attached hydrogens (primary N) is 1. The largest absolute Gasteiger partial charge is 0.497 e. The number of hydrogen-bond donors (Lipinski definition) is 3. The average molecular weight is 363 g/mol. The Labute approximate surface area is 156 Å². The Morgan fingerprint density at radius 1 is 1.07 bits per heavy atom. The van der Waals surface area contributed by atoms with Gasteiger partial charge < -0.3 is 20.8 Å². The third-order valence-electron chi connectivity index (χ3n) is 3.99. The molecule has 27 heavy (non-hydrogen) atoms. The lowest BCUT2D eigenvalue weighted by Gasteiger charge is -2.05. The van der Waals surface area contributed by atoms with Gasteiger partial charge in [0.2, 0.25) is 0 Å². The Hall–Kier alpha value is -3.61. The summed E-state index contributed by atoms with van der Waals surface area (Å²) in [5, 5.41) is 11.7. The Kier molecular flexibility index (Phi) is 5.21. The van der Waals surface area contributed by atoms with Crippen LogP contribution in [-0.4, -0.2) is 29.5 Å². The SMILES string of the molecule is COc1ccc2[nH]c(C(=O)Nc3ccc(/C(C)=N/N=C(/C)N)cc3)cc2c1.